The van der Waals surface area contributed by atoms with Gasteiger partial charge in [0.1, 0.15) is 0 Å². The number of hydrogen-bond donors (Lipinski definition) is 1. The summed E-state index contributed by atoms with van der Waals surface area (Å²) in [6.45, 7) is 6.30. The van der Waals surface area contributed by atoms with Crippen molar-refractivity contribution in [2.75, 3.05) is 53.9 Å². The van der Waals surface area contributed by atoms with Crippen LogP contribution in [0.25, 0.3) is 0 Å². The molecule has 1 atom stereocenters. The zero-order valence-corrected chi connectivity index (χ0v) is 11.3. The molecule has 0 aromatic rings. The number of nitrogens with zero attached hydrogens (tertiary/aromatic N) is 2. The second kappa shape index (κ2) is 8.04. The maximum Gasteiger partial charge on any atom is 0.000756 e. The lowest BCUT2D eigenvalue weighted by molar-refractivity contribution is 0.291. The van der Waals surface area contributed by atoms with E-state index in [1.54, 1.807) is 0 Å². The summed E-state index contributed by atoms with van der Waals surface area (Å²) in [5, 5.41) is 3.20. The van der Waals surface area contributed by atoms with Gasteiger partial charge in [0.25, 0.3) is 0 Å². The fraction of sp³-hybridized carbons (Fsp3) is 1.00. The van der Waals surface area contributed by atoms with Crippen molar-refractivity contribution in [1.29, 1.82) is 0 Å². The molecule has 96 valence electrons. The van der Waals surface area contributed by atoms with Gasteiger partial charge in [0.15, 0.2) is 0 Å². The molecule has 1 rings (SSSR count). The quantitative estimate of drug-likeness (QED) is 0.630. The van der Waals surface area contributed by atoms with Gasteiger partial charge in [-0.25, -0.2) is 0 Å². The lowest BCUT2D eigenvalue weighted by Crippen LogP contribution is -2.24. The van der Waals surface area contributed by atoms with E-state index >= 15 is 0 Å². The van der Waals surface area contributed by atoms with Gasteiger partial charge in [0.05, 0.1) is 0 Å². The third kappa shape index (κ3) is 5.83. The van der Waals surface area contributed by atoms with Gasteiger partial charge in [-0.15, -0.1) is 0 Å². The predicted octanol–water partition coefficient (Wildman–Crippen LogP) is 1.26. The van der Waals surface area contributed by atoms with Gasteiger partial charge in [-0.05, 0) is 78.9 Å². The van der Waals surface area contributed by atoms with Crippen LogP contribution in [0.1, 0.15) is 25.7 Å². The van der Waals surface area contributed by atoms with Crippen LogP contribution in [0.4, 0.5) is 0 Å². The Balaban J connectivity index is 1.95. The normalized spacial score (nSPS) is 22.1. The van der Waals surface area contributed by atoms with Gasteiger partial charge >= 0.3 is 0 Å². The van der Waals surface area contributed by atoms with Crippen LogP contribution in [0.5, 0.6) is 0 Å². The summed E-state index contributed by atoms with van der Waals surface area (Å²) < 4.78 is 0. The number of rotatable bonds is 8. The summed E-state index contributed by atoms with van der Waals surface area (Å²) in [6.07, 6.45) is 5.41. The minimum atomic E-state index is 0.949. The summed E-state index contributed by atoms with van der Waals surface area (Å²) >= 11 is 0. The molecule has 1 heterocycles. The van der Waals surface area contributed by atoms with Crippen molar-refractivity contribution in [3.8, 4) is 0 Å². The average Bonchev–Trinajstić information content (AvgIpc) is 2.68. The molecule has 16 heavy (non-hydrogen) atoms. The Morgan fingerprint density at radius 3 is 2.75 bits per heavy atom. The van der Waals surface area contributed by atoms with Gasteiger partial charge in [-0.1, -0.05) is 0 Å². The van der Waals surface area contributed by atoms with Gasteiger partial charge in [0, 0.05) is 6.54 Å². The fourth-order valence-electron chi connectivity index (χ4n) is 2.46. The molecule has 1 aliphatic heterocycles. The number of hydrogen-bond acceptors (Lipinski definition) is 3. The van der Waals surface area contributed by atoms with Crippen molar-refractivity contribution in [3.05, 3.63) is 0 Å². The van der Waals surface area contributed by atoms with E-state index in [4.69, 9.17) is 0 Å². The Bertz CT molecular complexity index is 173. The van der Waals surface area contributed by atoms with E-state index in [0.717, 1.165) is 12.5 Å². The molecule has 1 unspecified atom stereocenters. The number of unbranched alkanes of at least 4 members (excludes halogenated alkanes) is 1. The van der Waals surface area contributed by atoms with Crippen molar-refractivity contribution in [3.63, 3.8) is 0 Å². The molecule has 0 bridgehead atoms. The van der Waals surface area contributed by atoms with E-state index < -0.39 is 0 Å². The molecule has 0 radical (unpaired) electrons. The molecular weight excluding hydrogens is 198 g/mol. The summed E-state index contributed by atoms with van der Waals surface area (Å²) in [5.74, 6) is 0.949. The maximum atomic E-state index is 3.20. The van der Waals surface area contributed by atoms with Gasteiger partial charge in [-0.2, -0.15) is 0 Å². The highest BCUT2D eigenvalue weighted by Gasteiger charge is 2.19. The lowest BCUT2D eigenvalue weighted by Gasteiger charge is -2.18. The molecule has 0 saturated carbocycles. The zero-order chi connectivity index (χ0) is 11.8. The van der Waals surface area contributed by atoms with Crippen LogP contribution in [-0.4, -0.2) is 63.7 Å². The maximum absolute atomic E-state index is 3.20. The lowest BCUT2D eigenvalue weighted by atomic mass is 10.0. The first-order valence-electron chi connectivity index (χ1n) is 6.74. The predicted molar refractivity (Wildman–Crippen MR) is 70.9 cm³/mol. The van der Waals surface area contributed by atoms with Crippen molar-refractivity contribution < 1.29 is 0 Å². The van der Waals surface area contributed by atoms with E-state index in [1.807, 2.05) is 7.05 Å². The van der Waals surface area contributed by atoms with Crippen LogP contribution in [0.3, 0.4) is 0 Å². The number of nitrogens with one attached hydrogen (secondary N) is 1. The van der Waals surface area contributed by atoms with Crippen LogP contribution >= 0.6 is 0 Å². The van der Waals surface area contributed by atoms with Crippen molar-refractivity contribution in [2.24, 2.45) is 5.92 Å². The molecule has 3 heteroatoms. The first-order chi connectivity index (χ1) is 7.72. The SMILES string of the molecule is CNCCCCN(C)CCC1CCN(C)C1. The van der Waals surface area contributed by atoms with Crippen LogP contribution < -0.4 is 5.32 Å². The molecule has 1 N–H and O–H groups in total. The van der Waals surface area contributed by atoms with Gasteiger partial charge < -0.3 is 15.1 Å². The molecule has 0 aliphatic carbocycles. The smallest absolute Gasteiger partial charge is 0.000756 e. The molecule has 1 fully saturated rings. The molecule has 0 aromatic heterocycles. The zero-order valence-electron chi connectivity index (χ0n) is 11.3. The van der Waals surface area contributed by atoms with Crippen molar-refractivity contribution >= 4 is 0 Å². The van der Waals surface area contributed by atoms with Crippen LogP contribution in [0.15, 0.2) is 0 Å². The molecule has 0 spiro atoms. The molecule has 3 nitrogen and oxygen atoms in total. The van der Waals surface area contributed by atoms with E-state index in [0.29, 0.717) is 0 Å². The van der Waals surface area contributed by atoms with E-state index in [2.05, 4.69) is 29.2 Å². The molecule has 1 saturated heterocycles. The summed E-state index contributed by atoms with van der Waals surface area (Å²) in [5.41, 5.74) is 0. The second-order valence-corrected chi connectivity index (χ2v) is 5.32. The number of likely N-dealkylation sites (tertiary alicyclic amines) is 1. The fourth-order valence-corrected chi connectivity index (χ4v) is 2.46. The third-order valence-corrected chi connectivity index (χ3v) is 3.62. The van der Waals surface area contributed by atoms with Crippen molar-refractivity contribution in [2.45, 2.75) is 25.7 Å². The Hall–Kier alpha value is -0.120. The highest BCUT2D eigenvalue weighted by molar-refractivity contribution is 4.73. The standard InChI is InChI=1S/C13H29N3/c1-14-8-4-5-9-15(2)10-6-13-7-11-16(3)12-13/h13-14H,4-12H2,1-3H3. The molecule has 1 aliphatic rings. The van der Waals surface area contributed by atoms with E-state index in [9.17, 15) is 0 Å². The van der Waals surface area contributed by atoms with E-state index in [1.165, 1.54) is 51.9 Å². The van der Waals surface area contributed by atoms with Crippen molar-refractivity contribution in [1.82, 2.24) is 15.1 Å². The average molecular weight is 227 g/mol. The highest BCUT2D eigenvalue weighted by atomic mass is 15.1. The second-order valence-electron chi connectivity index (χ2n) is 5.32. The van der Waals surface area contributed by atoms with E-state index in [-0.39, 0.29) is 0 Å². The highest BCUT2D eigenvalue weighted by Crippen LogP contribution is 2.17. The monoisotopic (exact) mass is 227 g/mol. The third-order valence-electron chi connectivity index (χ3n) is 3.62. The molecule has 0 amide bonds. The Morgan fingerprint density at radius 1 is 1.31 bits per heavy atom. The van der Waals surface area contributed by atoms with Gasteiger partial charge in [-0.3, -0.25) is 0 Å². The Labute approximate surface area is 101 Å². The largest absolute Gasteiger partial charge is 0.320 e. The molecular formula is C13H29N3. The topological polar surface area (TPSA) is 18.5 Å². The Kier molecular flexibility index (Phi) is 7.01. The minimum Gasteiger partial charge on any atom is -0.320 e. The summed E-state index contributed by atoms with van der Waals surface area (Å²) in [7, 11) is 6.53. The Morgan fingerprint density at radius 2 is 2.12 bits per heavy atom. The van der Waals surface area contributed by atoms with Gasteiger partial charge in [0.2, 0.25) is 0 Å². The first-order valence-corrected chi connectivity index (χ1v) is 6.74. The minimum absolute atomic E-state index is 0.949. The van der Waals surface area contributed by atoms with Crippen LogP contribution in [0, 0.1) is 5.92 Å². The van der Waals surface area contributed by atoms with Crippen LogP contribution in [-0.2, 0) is 0 Å². The summed E-state index contributed by atoms with van der Waals surface area (Å²) in [4.78, 5) is 4.95. The first kappa shape index (κ1) is 13.9. The van der Waals surface area contributed by atoms with Crippen LogP contribution in [0.2, 0.25) is 0 Å². The summed E-state index contributed by atoms with van der Waals surface area (Å²) in [6, 6.07) is 0. The molecule has 0 aromatic carbocycles.